The summed E-state index contributed by atoms with van der Waals surface area (Å²) in [7, 11) is 0. The minimum atomic E-state index is -5.07. The second-order valence-corrected chi connectivity index (χ2v) is 7.54. The van der Waals surface area contributed by atoms with Gasteiger partial charge >= 0.3 is 12.4 Å². The summed E-state index contributed by atoms with van der Waals surface area (Å²) in [6, 6.07) is 9.55. The predicted octanol–water partition coefficient (Wildman–Crippen LogP) is 5.58. The summed E-state index contributed by atoms with van der Waals surface area (Å²) >= 11 is 0. The van der Waals surface area contributed by atoms with E-state index < -0.39 is 40.8 Å². The van der Waals surface area contributed by atoms with E-state index in [2.05, 4.69) is 15.7 Å². The Morgan fingerprint density at radius 2 is 1.66 bits per heavy atom. The van der Waals surface area contributed by atoms with E-state index in [0.717, 1.165) is 12.1 Å². The van der Waals surface area contributed by atoms with Crippen molar-refractivity contribution in [2.24, 2.45) is 0 Å². The topological polar surface area (TPSA) is 76.0 Å². The summed E-state index contributed by atoms with van der Waals surface area (Å²) in [5.41, 5.74) is -2.90. The van der Waals surface area contributed by atoms with Gasteiger partial charge in [0.1, 0.15) is 0 Å². The molecular weight excluding hydrogens is 478 g/mol. The monoisotopic (exact) mass is 498 g/mol. The van der Waals surface area contributed by atoms with Gasteiger partial charge in [0, 0.05) is 18.7 Å². The van der Waals surface area contributed by atoms with Crippen LogP contribution in [0.3, 0.4) is 0 Å². The van der Waals surface area contributed by atoms with Crippen molar-refractivity contribution >= 4 is 17.5 Å². The van der Waals surface area contributed by atoms with Gasteiger partial charge in [-0.25, -0.2) is 4.68 Å². The lowest BCUT2D eigenvalue weighted by molar-refractivity contribution is -0.143. The van der Waals surface area contributed by atoms with Crippen LogP contribution in [-0.2, 0) is 23.7 Å². The molecule has 1 heterocycles. The fraction of sp³-hybridized carbons (Fsp3) is 0.261. The van der Waals surface area contributed by atoms with Gasteiger partial charge in [-0.3, -0.25) is 9.59 Å². The smallest absolute Gasteiger partial charge is 0.348 e. The highest BCUT2D eigenvalue weighted by Crippen LogP contribution is 2.35. The van der Waals surface area contributed by atoms with Crippen molar-refractivity contribution in [3.63, 3.8) is 0 Å². The van der Waals surface area contributed by atoms with Crippen LogP contribution in [0.15, 0.2) is 54.7 Å². The fourth-order valence-corrected chi connectivity index (χ4v) is 3.23. The van der Waals surface area contributed by atoms with Gasteiger partial charge in [0.15, 0.2) is 5.69 Å². The van der Waals surface area contributed by atoms with Gasteiger partial charge in [-0.15, -0.1) is 0 Å². The van der Waals surface area contributed by atoms with Crippen molar-refractivity contribution in [2.45, 2.75) is 38.7 Å². The zero-order valence-corrected chi connectivity index (χ0v) is 18.3. The fourth-order valence-electron chi connectivity index (χ4n) is 3.23. The molecule has 0 fully saturated rings. The van der Waals surface area contributed by atoms with Crippen molar-refractivity contribution in [3.8, 4) is 5.69 Å². The molecule has 0 saturated heterocycles. The molecule has 12 heteroatoms. The number of alkyl halides is 6. The maximum Gasteiger partial charge on any atom is 0.434 e. The molecule has 1 aromatic heterocycles. The second kappa shape index (κ2) is 10.2. The summed E-state index contributed by atoms with van der Waals surface area (Å²) in [6.07, 6.45) is -8.15. The van der Waals surface area contributed by atoms with Crippen LogP contribution in [0.1, 0.15) is 46.9 Å². The van der Waals surface area contributed by atoms with E-state index in [1.807, 2.05) is 6.92 Å². The molecule has 3 rings (SSSR count). The van der Waals surface area contributed by atoms with Gasteiger partial charge in [0.05, 0.1) is 23.0 Å². The zero-order chi connectivity index (χ0) is 25.8. The van der Waals surface area contributed by atoms with E-state index >= 15 is 0 Å². The maximum atomic E-state index is 13.8. The summed E-state index contributed by atoms with van der Waals surface area (Å²) in [5, 5.41) is 8.57. The number of hydrogen-bond donors (Lipinski definition) is 2. The quantitative estimate of drug-likeness (QED) is 0.418. The molecule has 2 aromatic carbocycles. The lowest BCUT2D eigenvalue weighted by atomic mass is 10.1. The van der Waals surface area contributed by atoms with Crippen LogP contribution < -0.4 is 10.6 Å². The van der Waals surface area contributed by atoms with Crippen LogP contribution in [0.5, 0.6) is 0 Å². The number of nitrogens with one attached hydrogen (secondary N) is 2. The predicted molar refractivity (Wildman–Crippen MR) is 115 cm³/mol. The van der Waals surface area contributed by atoms with Crippen LogP contribution in [0, 0.1) is 0 Å². The van der Waals surface area contributed by atoms with Crippen LogP contribution >= 0.6 is 0 Å². The Morgan fingerprint density at radius 3 is 2.26 bits per heavy atom. The number of anilines is 1. The second-order valence-electron chi connectivity index (χ2n) is 7.54. The molecule has 0 unspecified atom stereocenters. The normalized spacial score (nSPS) is 11.9. The average molecular weight is 498 g/mol. The SMILES string of the molecule is CCCC(=O)Nc1ccc(CNC(=O)c2cnn(-c3cccc(C(F)(F)F)c3)c2C(F)(F)F)cc1. The first kappa shape index (κ1) is 25.8. The molecular formula is C23H20F6N4O2. The van der Waals surface area contributed by atoms with Gasteiger partial charge in [-0.1, -0.05) is 25.1 Å². The molecule has 0 atom stereocenters. The third-order valence-electron chi connectivity index (χ3n) is 4.87. The molecule has 0 aliphatic carbocycles. The number of carbonyl (C=O) groups is 2. The van der Waals surface area contributed by atoms with Gasteiger partial charge in [0.2, 0.25) is 5.91 Å². The lowest BCUT2D eigenvalue weighted by Crippen LogP contribution is -2.26. The van der Waals surface area contributed by atoms with E-state index in [9.17, 15) is 35.9 Å². The molecule has 3 aromatic rings. The minimum Gasteiger partial charge on any atom is -0.348 e. The van der Waals surface area contributed by atoms with E-state index in [-0.39, 0.29) is 17.1 Å². The van der Waals surface area contributed by atoms with Crippen molar-refractivity contribution < 1.29 is 35.9 Å². The molecule has 35 heavy (non-hydrogen) atoms. The number of halogens is 6. The molecule has 0 aliphatic heterocycles. The first-order chi connectivity index (χ1) is 16.4. The van der Waals surface area contributed by atoms with Crippen molar-refractivity contribution in [1.82, 2.24) is 15.1 Å². The van der Waals surface area contributed by atoms with Gasteiger partial charge < -0.3 is 10.6 Å². The Kier molecular flexibility index (Phi) is 7.51. The van der Waals surface area contributed by atoms with Crippen molar-refractivity contribution in [3.05, 3.63) is 77.1 Å². The highest BCUT2D eigenvalue weighted by Gasteiger charge is 2.41. The average Bonchev–Trinajstić information content (AvgIpc) is 3.24. The molecule has 0 bridgehead atoms. The van der Waals surface area contributed by atoms with E-state index in [1.54, 1.807) is 24.3 Å². The first-order valence-corrected chi connectivity index (χ1v) is 10.4. The number of hydrogen-bond acceptors (Lipinski definition) is 3. The Balaban J connectivity index is 1.80. The molecule has 0 aliphatic rings. The van der Waals surface area contributed by atoms with Crippen LogP contribution in [0.4, 0.5) is 32.0 Å². The molecule has 2 amide bonds. The number of rotatable bonds is 7. The zero-order valence-electron chi connectivity index (χ0n) is 18.3. The lowest BCUT2D eigenvalue weighted by Gasteiger charge is -2.14. The number of nitrogens with zero attached hydrogens (tertiary/aromatic N) is 2. The van der Waals surface area contributed by atoms with E-state index in [0.29, 0.717) is 42.4 Å². The maximum absolute atomic E-state index is 13.8. The minimum absolute atomic E-state index is 0.131. The molecule has 0 saturated carbocycles. The number of benzene rings is 2. The summed E-state index contributed by atoms with van der Waals surface area (Å²) < 4.78 is 80.6. The van der Waals surface area contributed by atoms with E-state index in [1.165, 1.54) is 0 Å². The van der Waals surface area contributed by atoms with Gasteiger partial charge in [-0.2, -0.15) is 31.4 Å². The summed E-state index contributed by atoms with van der Waals surface area (Å²) in [5.74, 6) is -1.26. The van der Waals surface area contributed by atoms with Gasteiger partial charge in [-0.05, 0) is 42.3 Å². The third kappa shape index (κ3) is 6.40. The highest BCUT2D eigenvalue weighted by atomic mass is 19.4. The summed E-state index contributed by atoms with van der Waals surface area (Å²) in [4.78, 5) is 24.2. The largest absolute Gasteiger partial charge is 0.434 e. The molecule has 0 radical (unpaired) electrons. The first-order valence-electron chi connectivity index (χ1n) is 10.4. The molecule has 2 N–H and O–H groups in total. The Morgan fingerprint density at radius 1 is 0.971 bits per heavy atom. The standard InChI is InChI=1S/C23H20F6N4O2/c1-2-4-19(34)32-16-9-7-14(8-10-16)12-30-21(35)18-13-31-33(20(18)23(27,28)29)17-6-3-5-15(11-17)22(24,25)26/h3,5-11,13H,2,4,12H2,1H3,(H,30,35)(H,32,34). The third-order valence-corrected chi connectivity index (χ3v) is 4.87. The molecule has 186 valence electrons. The highest BCUT2D eigenvalue weighted by molar-refractivity contribution is 5.95. The Hall–Kier alpha value is -3.83. The number of amides is 2. The van der Waals surface area contributed by atoms with Crippen molar-refractivity contribution in [2.75, 3.05) is 5.32 Å². The molecule has 6 nitrogen and oxygen atoms in total. The summed E-state index contributed by atoms with van der Waals surface area (Å²) in [6.45, 7) is 1.73. The Bertz CT molecular complexity index is 1200. The van der Waals surface area contributed by atoms with Crippen molar-refractivity contribution in [1.29, 1.82) is 0 Å². The number of aromatic nitrogens is 2. The molecule has 0 spiro atoms. The van der Waals surface area contributed by atoms with E-state index in [4.69, 9.17) is 0 Å². The van der Waals surface area contributed by atoms with Gasteiger partial charge in [0.25, 0.3) is 5.91 Å². The number of carbonyl (C=O) groups excluding carboxylic acids is 2. The van der Waals surface area contributed by atoms with Crippen LogP contribution in [0.2, 0.25) is 0 Å². The van der Waals surface area contributed by atoms with Crippen LogP contribution in [0.25, 0.3) is 5.69 Å². The van der Waals surface area contributed by atoms with Crippen LogP contribution in [-0.4, -0.2) is 21.6 Å². The Labute approximate surface area is 195 Å².